The second kappa shape index (κ2) is 6.93. The number of amides is 1. The fourth-order valence-electron chi connectivity index (χ4n) is 0.556. The first kappa shape index (κ1) is 15.0. The molecule has 0 bridgehead atoms. The Morgan fingerprint density at radius 1 is 1.31 bits per heavy atom. The Kier molecular flexibility index (Phi) is 7.98. The lowest BCUT2D eigenvalue weighted by molar-refractivity contribution is -0.119. The highest BCUT2D eigenvalue weighted by Gasteiger charge is 2.21. The van der Waals surface area contributed by atoms with Crippen LogP contribution in [0.25, 0.3) is 0 Å². The monoisotopic (exact) mass is 187 g/mol. The van der Waals surface area contributed by atoms with Gasteiger partial charge in [-0.3, -0.25) is 4.79 Å². The van der Waals surface area contributed by atoms with Crippen LogP contribution in [0, 0.1) is 11.3 Å². The van der Waals surface area contributed by atoms with E-state index in [1.54, 1.807) is 6.92 Å². The zero-order chi connectivity index (χ0) is 11.1. The van der Waals surface area contributed by atoms with Gasteiger partial charge in [0.1, 0.15) is 0 Å². The van der Waals surface area contributed by atoms with E-state index in [-0.39, 0.29) is 11.3 Å². The first-order chi connectivity index (χ1) is 5.86. The van der Waals surface area contributed by atoms with Crippen LogP contribution in [-0.4, -0.2) is 12.5 Å². The molecule has 1 N–H and O–H groups in total. The molecule has 0 spiro atoms. The van der Waals surface area contributed by atoms with Crippen LogP contribution in [-0.2, 0) is 4.79 Å². The molecule has 0 aromatic heterocycles. The summed E-state index contributed by atoms with van der Waals surface area (Å²) in [5.41, 5.74) is 0.200. The van der Waals surface area contributed by atoms with Gasteiger partial charge < -0.3 is 5.32 Å². The van der Waals surface area contributed by atoms with Crippen molar-refractivity contribution in [3.05, 3.63) is 0 Å². The van der Waals surface area contributed by atoms with Gasteiger partial charge in [-0.1, -0.05) is 41.5 Å². The van der Waals surface area contributed by atoms with E-state index < -0.39 is 0 Å². The molecule has 0 aromatic carbocycles. The number of carbonyl (C=O) groups is 1. The van der Waals surface area contributed by atoms with E-state index in [1.807, 2.05) is 13.8 Å². The Hall–Kier alpha value is -0.530. The van der Waals surface area contributed by atoms with Crippen molar-refractivity contribution in [1.82, 2.24) is 5.32 Å². The van der Waals surface area contributed by atoms with Crippen molar-refractivity contribution in [1.29, 1.82) is 0 Å². The standard InChI is InChI=1S/C9H19NO.C2H6/c1-7(2)9(4,5)6-10-8(3)11;1-2/h7H,6H2,1-5H3,(H,10,11);1-2H3. The third kappa shape index (κ3) is 7.82. The minimum absolute atomic E-state index is 0.0544. The maximum absolute atomic E-state index is 10.6. The molecule has 1 amide bonds. The lowest BCUT2D eigenvalue weighted by Crippen LogP contribution is -2.35. The summed E-state index contributed by atoms with van der Waals surface area (Å²) >= 11 is 0. The molecule has 0 atom stereocenters. The van der Waals surface area contributed by atoms with Crippen molar-refractivity contribution in [3.8, 4) is 0 Å². The molecule has 0 aliphatic heterocycles. The molecule has 0 aliphatic rings. The third-order valence-corrected chi connectivity index (χ3v) is 2.36. The normalized spacial score (nSPS) is 10.5. The van der Waals surface area contributed by atoms with Gasteiger partial charge >= 0.3 is 0 Å². The Morgan fingerprint density at radius 2 is 1.69 bits per heavy atom. The van der Waals surface area contributed by atoms with Crippen molar-refractivity contribution in [3.63, 3.8) is 0 Å². The van der Waals surface area contributed by atoms with Gasteiger partial charge in [-0.05, 0) is 11.3 Å². The van der Waals surface area contributed by atoms with Gasteiger partial charge in [0.2, 0.25) is 5.91 Å². The van der Waals surface area contributed by atoms with E-state index in [2.05, 4.69) is 33.0 Å². The molecule has 0 unspecified atom stereocenters. The maximum Gasteiger partial charge on any atom is 0.216 e. The Balaban J connectivity index is 0. The van der Waals surface area contributed by atoms with Crippen LogP contribution in [0.5, 0.6) is 0 Å². The predicted molar refractivity (Wildman–Crippen MR) is 58.7 cm³/mol. The van der Waals surface area contributed by atoms with Gasteiger partial charge in [-0.25, -0.2) is 0 Å². The van der Waals surface area contributed by atoms with Gasteiger partial charge in [0.25, 0.3) is 0 Å². The van der Waals surface area contributed by atoms with Crippen LogP contribution in [0.4, 0.5) is 0 Å². The third-order valence-electron chi connectivity index (χ3n) is 2.36. The van der Waals surface area contributed by atoms with Crippen LogP contribution >= 0.6 is 0 Å². The van der Waals surface area contributed by atoms with Gasteiger partial charge in [0.15, 0.2) is 0 Å². The van der Waals surface area contributed by atoms with E-state index >= 15 is 0 Å². The Bertz CT molecular complexity index is 139. The highest BCUT2D eigenvalue weighted by atomic mass is 16.1. The molecule has 0 saturated heterocycles. The summed E-state index contributed by atoms with van der Waals surface area (Å²) in [6.45, 7) is 15.0. The summed E-state index contributed by atoms with van der Waals surface area (Å²) in [5, 5.41) is 2.83. The van der Waals surface area contributed by atoms with Crippen molar-refractivity contribution in [2.75, 3.05) is 6.54 Å². The van der Waals surface area contributed by atoms with E-state index in [0.717, 1.165) is 6.54 Å². The molecule has 0 radical (unpaired) electrons. The molecule has 80 valence electrons. The quantitative estimate of drug-likeness (QED) is 0.723. The molecule has 2 nitrogen and oxygen atoms in total. The predicted octanol–water partition coefficient (Wildman–Crippen LogP) is 2.83. The fraction of sp³-hybridized carbons (Fsp3) is 0.909. The first-order valence-electron chi connectivity index (χ1n) is 5.10. The molecular weight excluding hydrogens is 162 g/mol. The molecule has 0 heterocycles. The van der Waals surface area contributed by atoms with Crippen molar-refractivity contribution in [2.24, 2.45) is 11.3 Å². The second-order valence-corrected chi connectivity index (χ2v) is 4.05. The fourth-order valence-corrected chi connectivity index (χ4v) is 0.556. The summed E-state index contributed by atoms with van der Waals surface area (Å²) in [6, 6.07) is 0. The number of carbonyl (C=O) groups excluding carboxylic acids is 1. The average molecular weight is 187 g/mol. The molecule has 0 aromatic rings. The zero-order valence-corrected chi connectivity index (χ0v) is 10.2. The summed E-state index contributed by atoms with van der Waals surface area (Å²) < 4.78 is 0. The van der Waals surface area contributed by atoms with Crippen molar-refractivity contribution in [2.45, 2.75) is 48.5 Å². The van der Waals surface area contributed by atoms with Crippen LogP contribution < -0.4 is 5.32 Å². The average Bonchev–Trinajstić information content (AvgIpc) is 2.05. The van der Waals surface area contributed by atoms with Crippen LogP contribution in [0.3, 0.4) is 0 Å². The van der Waals surface area contributed by atoms with Gasteiger partial charge in [-0.2, -0.15) is 0 Å². The van der Waals surface area contributed by atoms with E-state index in [9.17, 15) is 4.79 Å². The molecule has 0 rings (SSSR count). The zero-order valence-electron chi connectivity index (χ0n) is 10.2. The first-order valence-corrected chi connectivity index (χ1v) is 5.10. The van der Waals surface area contributed by atoms with Gasteiger partial charge in [0.05, 0.1) is 0 Å². The summed E-state index contributed by atoms with van der Waals surface area (Å²) in [7, 11) is 0. The number of hydrogen-bond acceptors (Lipinski definition) is 1. The van der Waals surface area contributed by atoms with E-state index in [1.165, 1.54) is 0 Å². The van der Waals surface area contributed by atoms with E-state index in [0.29, 0.717) is 5.92 Å². The number of nitrogens with one attached hydrogen (secondary N) is 1. The lowest BCUT2D eigenvalue weighted by Gasteiger charge is -2.29. The largest absolute Gasteiger partial charge is 0.356 e. The highest BCUT2D eigenvalue weighted by Crippen LogP contribution is 2.24. The van der Waals surface area contributed by atoms with E-state index in [4.69, 9.17) is 0 Å². The van der Waals surface area contributed by atoms with Crippen LogP contribution in [0.1, 0.15) is 48.5 Å². The lowest BCUT2D eigenvalue weighted by atomic mass is 9.81. The van der Waals surface area contributed by atoms with Gasteiger partial charge in [-0.15, -0.1) is 0 Å². The van der Waals surface area contributed by atoms with Crippen LogP contribution in [0.2, 0.25) is 0 Å². The Morgan fingerprint density at radius 3 is 1.92 bits per heavy atom. The molecule has 0 aliphatic carbocycles. The molecule has 2 heteroatoms. The minimum atomic E-state index is 0.0544. The molecule has 0 saturated carbocycles. The second-order valence-electron chi connectivity index (χ2n) is 4.05. The molecule has 13 heavy (non-hydrogen) atoms. The minimum Gasteiger partial charge on any atom is -0.356 e. The number of hydrogen-bond donors (Lipinski definition) is 1. The van der Waals surface area contributed by atoms with Crippen LogP contribution in [0.15, 0.2) is 0 Å². The van der Waals surface area contributed by atoms with Crippen molar-refractivity contribution < 1.29 is 4.79 Å². The molecule has 0 fully saturated rings. The smallest absolute Gasteiger partial charge is 0.216 e. The highest BCUT2D eigenvalue weighted by molar-refractivity contribution is 5.72. The van der Waals surface area contributed by atoms with Crippen molar-refractivity contribution >= 4 is 5.91 Å². The number of rotatable bonds is 3. The summed E-state index contributed by atoms with van der Waals surface area (Å²) in [5.74, 6) is 0.646. The molecular formula is C11H25NO. The van der Waals surface area contributed by atoms with Gasteiger partial charge in [0, 0.05) is 13.5 Å². The summed E-state index contributed by atoms with van der Waals surface area (Å²) in [4.78, 5) is 10.6. The summed E-state index contributed by atoms with van der Waals surface area (Å²) in [6.07, 6.45) is 0. The Labute approximate surface area is 83.1 Å². The SMILES string of the molecule is CC.CC(=O)NCC(C)(C)C(C)C. The topological polar surface area (TPSA) is 29.1 Å². The maximum atomic E-state index is 10.6.